The van der Waals surface area contributed by atoms with Crippen LogP contribution in [0.2, 0.25) is 5.02 Å². The normalized spacial score (nSPS) is 10.2. The number of hydrogen-bond donors (Lipinski definition) is 1. The Morgan fingerprint density at radius 1 is 1.17 bits per heavy atom. The molecule has 2 aromatic carbocycles. The van der Waals surface area contributed by atoms with Gasteiger partial charge in [-0.15, -0.1) is 0 Å². The first-order chi connectivity index (χ1) is 11.4. The van der Waals surface area contributed by atoms with Gasteiger partial charge in [0.1, 0.15) is 5.75 Å². The molecule has 0 fully saturated rings. The average molecular weight is 348 g/mol. The fraction of sp³-hybridized carbons (Fsp3) is 0.222. The zero-order valence-electron chi connectivity index (χ0n) is 13.7. The van der Waals surface area contributed by atoms with Crippen LogP contribution in [-0.2, 0) is 9.53 Å². The van der Waals surface area contributed by atoms with Crippen molar-refractivity contribution < 1.29 is 19.1 Å². The summed E-state index contributed by atoms with van der Waals surface area (Å²) in [6.07, 6.45) is 0. The molecule has 2 rings (SSSR count). The van der Waals surface area contributed by atoms with Crippen LogP contribution in [0.3, 0.4) is 0 Å². The van der Waals surface area contributed by atoms with Gasteiger partial charge in [0.2, 0.25) is 0 Å². The van der Waals surface area contributed by atoms with Gasteiger partial charge in [-0.25, -0.2) is 4.79 Å². The zero-order valence-corrected chi connectivity index (χ0v) is 14.4. The van der Waals surface area contributed by atoms with Gasteiger partial charge in [-0.2, -0.15) is 0 Å². The smallest absolute Gasteiger partial charge is 0.338 e. The summed E-state index contributed by atoms with van der Waals surface area (Å²) in [6.45, 7) is 3.45. The third-order valence-corrected chi connectivity index (χ3v) is 3.94. The third kappa shape index (κ3) is 4.26. The number of hydrogen-bond acceptors (Lipinski definition) is 4. The molecule has 0 bridgehead atoms. The Hall–Kier alpha value is -2.53. The van der Waals surface area contributed by atoms with Gasteiger partial charge in [0.05, 0.1) is 12.7 Å². The fourth-order valence-corrected chi connectivity index (χ4v) is 2.26. The minimum atomic E-state index is -0.448. The third-order valence-electron chi connectivity index (χ3n) is 3.51. The van der Waals surface area contributed by atoms with Gasteiger partial charge in [-0.05, 0) is 55.3 Å². The topological polar surface area (TPSA) is 64.6 Å². The number of anilines is 1. The van der Waals surface area contributed by atoms with Gasteiger partial charge in [-0.3, -0.25) is 4.79 Å². The van der Waals surface area contributed by atoms with Crippen LogP contribution in [0.25, 0.3) is 0 Å². The molecule has 0 atom stereocenters. The number of esters is 1. The van der Waals surface area contributed by atoms with E-state index in [1.54, 1.807) is 43.3 Å². The number of benzene rings is 2. The number of nitrogens with one attached hydrogen (secondary N) is 1. The minimum Gasteiger partial charge on any atom is -0.484 e. The van der Waals surface area contributed by atoms with Crippen LogP contribution in [0.1, 0.15) is 21.5 Å². The summed E-state index contributed by atoms with van der Waals surface area (Å²) in [5.74, 6) is -0.212. The molecule has 0 saturated heterocycles. The van der Waals surface area contributed by atoms with Crippen molar-refractivity contribution in [2.24, 2.45) is 0 Å². The maximum Gasteiger partial charge on any atom is 0.338 e. The molecule has 0 aliphatic rings. The summed E-state index contributed by atoms with van der Waals surface area (Å²) in [7, 11) is 1.31. The second-order valence-electron chi connectivity index (χ2n) is 5.22. The SMILES string of the molecule is COC(=O)c1cccc(NC(=O)COc2ccc(Cl)c(C)c2)c1C. The lowest BCUT2D eigenvalue weighted by Crippen LogP contribution is -2.21. The van der Waals surface area contributed by atoms with E-state index in [0.29, 0.717) is 27.6 Å². The number of carbonyl (C=O) groups excluding carboxylic acids is 2. The molecule has 0 aliphatic heterocycles. The number of carbonyl (C=O) groups is 2. The van der Waals surface area contributed by atoms with Crippen LogP contribution >= 0.6 is 11.6 Å². The summed E-state index contributed by atoms with van der Waals surface area (Å²) in [4.78, 5) is 23.7. The maximum absolute atomic E-state index is 12.1. The van der Waals surface area contributed by atoms with Crippen LogP contribution in [-0.4, -0.2) is 25.6 Å². The molecule has 6 heteroatoms. The number of rotatable bonds is 5. The second-order valence-corrected chi connectivity index (χ2v) is 5.62. The first-order valence-corrected chi connectivity index (χ1v) is 7.67. The van der Waals surface area contributed by atoms with E-state index in [2.05, 4.69) is 5.32 Å². The highest BCUT2D eigenvalue weighted by Crippen LogP contribution is 2.22. The number of aryl methyl sites for hydroxylation is 1. The Bertz CT molecular complexity index is 774. The summed E-state index contributed by atoms with van der Waals surface area (Å²) >= 11 is 5.95. The van der Waals surface area contributed by atoms with E-state index in [9.17, 15) is 9.59 Å². The predicted octanol–water partition coefficient (Wildman–Crippen LogP) is 3.76. The van der Waals surface area contributed by atoms with E-state index in [0.717, 1.165) is 5.56 Å². The quantitative estimate of drug-likeness (QED) is 0.836. The summed E-state index contributed by atoms with van der Waals surface area (Å²) in [5.41, 5.74) is 2.46. The monoisotopic (exact) mass is 347 g/mol. The summed E-state index contributed by atoms with van der Waals surface area (Å²) in [6, 6.07) is 10.2. The second kappa shape index (κ2) is 7.84. The van der Waals surface area contributed by atoms with Gasteiger partial charge >= 0.3 is 5.97 Å². The van der Waals surface area contributed by atoms with Crippen molar-refractivity contribution in [3.63, 3.8) is 0 Å². The molecule has 0 unspecified atom stereocenters. The molecule has 24 heavy (non-hydrogen) atoms. The lowest BCUT2D eigenvalue weighted by atomic mass is 10.1. The molecular formula is C18H18ClNO4. The molecule has 1 amide bonds. The molecule has 0 aromatic heterocycles. The highest BCUT2D eigenvalue weighted by Gasteiger charge is 2.13. The van der Waals surface area contributed by atoms with Crippen LogP contribution in [0.5, 0.6) is 5.75 Å². The van der Waals surface area contributed by atoms with E-state index < -0.39 is 5.97 Å². The number of amides is 1. The van der Waals surface area contributed by atoms with Crippen molar-refractivity contribution >= 4 is 29.2 Å². The highest BCUT2D eigenvalue weighted by molar-refractivity contribution is 6.31. The van der Waals surface area contributed by atoms with E-state index in [1.165, 1.54) is 7.11 Å². The molecule has 126 valence electrons. The van der Waals surface area contributed by atoms with E-state index >= 15 is 0 Å². The minimum absolute atomic E-state index is 0.150. The van der Waals surface area contributed by atoms with Gasteiger partial charge < -0.3 is 14.8 Å². The van der Waals surface area contributed by atoms with Crippen LogP contribution in [0, 0.1) is 13.8 Å². The predicted molar refractivity (Wildman–Crippen MR) is 92.8 cm³/mol. The number of methoxy groups -OCH3 is 1. The molecular weight excluding hydrogens is 330 g/mol. The average Bonchev–Trinajstić information content (AvgIpc) is 2.57. The molecule has 1 N–H and O–H groups in total. The molecule has 2 aromatic rings. The van der Waals surface area contributed by atoms with Crippen LogP contribution in [0.4, 0.5) is 5.69 Å². The molecule has 0 spiro atoms. The standard InChI is InChI=1S/C18H18ClNO4/c1-11-9-13(7-8-15(11)19)24-10-17(21)20-16-6-4-5-14(12(16)2)18(22)23-3/h4-9H,10H2,1-3H3,(H,20,21). The van der Waals surface area contributed by atoms with E-state index in [-0.39, 0.29) is 12.5 Å². The Labute approximate surface area is 145 Å². The van der Waals surface area contributed by atoms with Gasteiger partial charge in [0.15, 0.2) is 6.61 Å². The highest BCUT2D eigenvalue weighted by atomic mass is 35.5. The Morgan fingerprint density at radius 3 is 2.58 bits per heavy atom. The van der Waals surface area contributed by atoms with Crippen molar-refractivity contribution in [2.45, 2.75) is 13.8 Å². The van der Waals surface area contributed by atoms with Gasteiger partial charge in [-0.1, -0.05) is 17.7 Å². The first kappa shape index (κ1) is 17.8. The van der Waals surface area contributed by atoms with Crippen LogP contribution in [0.15, 0.2) is 36.4 Å². The summed E-state index contributed by atoms with van der Waals surface area (Å²) < 4.78 is 10.2. The van der Waals surface area contributed by atoms with E-state index in [4.69, 9.17) is 21.1 Å². The van der Waals surface area contributed by atoms with Crippen molar-refractivity contribution in [2.75, 3.05) is 19.0 Å². The molecule has 0 radical (unpaired) electrons. The molecule has 0 saturated carbocycles. The van der Waals surface area contributed by atoms with Crippen molar-refractivity contribution in [1.29, 1.82) is 0 Å². The van der Waals surface area contributed by atoms with Crippen molar-refractivity contribution in [3.8, 4) is 5.75 Å². The lowest BCUT2D eigenvalue weighted by molar-refractivity contribution is -0.118. The van der Waals surface area contributed by atoms with E-state index in [1.807, 2.05) is 6.92 Å². The Morgan fingerprint density at radius 2 is 1.92 bits per heavy atom. The Kier molecular flexibility index (Phi) is 5.82. The maximum atomic E-state index is 12.1. The van der Waals surface area contributed by atoms with Crippen molar-refractivity contribution in [3.05, 3.63) is 58.1 Å². The lowest BCUT2D eigenvalue weighted by Gasteiger charge is -2.12. The van der Waals surface area contributed by atoms with Crippen molar-refractivity contribution in [1.82, 2.24) is 0 Å². The molecule has 0 heterocycles. The van der Waals surface area contributed by atoms with Gasteiger partial charge in [0.25, 0.3) is 5.91 Å². The van der Waals surface area contributed by atoms with Gasteiger partial charge in [0, 0.05) is 10.7 Å². The van der Waals surface area contributed by atoms with Crippen LogP contribution < -0.4 is 10.1 Å². The first-order valence-electron chi connectivity index (χ1n) is 7.29. The number of halogens is 1. The molecule has 0 aliphatic carbocycles. The molecule has 5 nitrogen and oxygen atoms in total. The fourth-order valence-electron chi connectivity index (χ4n) is 2.14. The summed E-state index contributed by atoms with van der Waals surface area (Å²) in [5, 5.41) is 3.37. The largest absolute Gasteiger partial charge is 0.484 e. The zero-order chi connectivity index (χ0) is 17.7. The Balaban J connectivity index is 2.02. The number of ether oxygens (including phenoxy) is 2.